The van der Waals surface area contributed by atoms with E-state index in [0.717, 1.165) is 43.8 Å². The van der Waals surface area contributed by atoms with Gasteiger partial charge < -0.3 is 29.3 Å². The van der Waals surface area contributed by atoms with E-state index in [-0.39, 0.29) is 18.6 Å². The molecule has 0 aliphatic carbocycles. The Morgan fingerprint density at radius 1 is 0.970 bits per heavy atom. The minimum atomic E-state index is -0.0365. The Bertz CT molecular complexity index is 963. The lowest BCUT2D eigenvalue weighted by molar-refractivity contribution is -0.131. The summed E-state index contributed by atoms with van der Waals surface area (Å²) >= 11 is 0. The number of benzene rings is 2. The number of rotatable bonds is 8. The highest BCUT2D eigenvalue weighted by Crippen LogP contribution is 2.34. The topological polar surface area (TPSA) is 80.3 Å². The van der Waals surface area contributed by atoms with Gasteiger partial charge in [-0.05, 0) is 49.2 Å². The molecule has 0 spiro atoms. The molecule has 8 nitrogen and oxygen atoms in total. The van der Waals surface area contributed by atoms with Crippen LogP contribution < -0.4 is 19.5 Å². The first kappa shape index (κ1) is 22.9. The third-order valence-corrected chi connectivity index (χ3v) is 6.04. The van der Waals surface area contributed by atoms with Gasteiger partial charge in [0, 0.05) is 50.8 Å². The summed E-state index contributed by atoms with van der Waals surface area (Å²) in [4.78, 5) is 29.3. The van der Waals surface area contributed by atoms with Crippen molar-refractivity contribution in [1.82, 2.24) is 9.80 Å². The molecule has 2 amide bonds. The third-order valence-electron chi connectivity index (χ3n) is 6.04. The van der Waals surface area contributed by atoms with Crippen LogP contribution in [0.25, 0.3) is 0 Å². The quantitative estimate of drug-likeness (QED) is 0.662. The molecule has 176 valence electrons. The second kappa shape index (κ2) is 11.0. The molecule has 2 aromatic carbocycles. The van der Waals surface area contributed by atoms with Crippen LogP contribution in [0, 0.1) is 0 Å². The highest BCUT2D eigenvalue weighted by molar-refractivity contribution is 5.91. The van der Waals surface area contributed by atoms with Gasteiger partial charge in [0.15, 0.2) is 11.5 Å². The molecular weight excluding hydrogens is 422 g/mol. The van der Waals surface area contributed by atoms with E-state index in [1.807, 2.05) is 35.2 Å². The van der Waals surface area contributed by atoms with Crippen molar-refractivity contribution in [2.75, 3.05) is 51.9 Å². The van der Waals surface area contributed by atoms with Crippen molar-refractivity contribution in [2.24, 2.45) is 0 Å². The molecule has 1 saturated heterocycles. The molecule has 2 aromatic rings. The fourth-order valence-corrected chi connectivity index (χ4v) is 4.10. The first-order chi connectivity index (χ1) is 16.1. The number of amides is 2. The van der Waals surface area contributed by atoms with Crippen LogP contribution in [0.1, 0.15) is 24.8 Å². The van der Waals surface area contributed by atoms with E-state index in [1.54, 1.807) is 19.2 Å². The molecule has 0 atom stereocenters. The van der Waals surface area contributed by atoms with Gasteiger partial charge in [0.05, 0.1) is 7.11 Å². The van der Waals surface area contributed by atoms with Gasteiger partial charge in [-0.2, -0.15) is 0 Å². The molecule has 8 heteroatoms. The predicted molar refractivity (Wildman–Crippen MR) is 125 cm³/mol. The zero-order chi connectivity index (χ0) is 23.0. The van der Waals surface area contributed by atoms with E-state index in [0.29, 0.717) is 43.1 Å². The van der Waals surface area contributed by atoms with Gasteiger partial charge in [0.25, 0.3) is 0 Å². The van der Waals surface area contributed by atoms with Crippen LogP contribution in [-0.4, -0.2) is 68.2 Å². The average molecular weight is 454 g/mol. The molecule has 0 bridgehead atoms. The number of carbonyl (C=O) groups is 2. The predicted octanol–water partition coefficient (Wildman–Crippen LogP) is 2.92. The zero-order valence-corrected chi connectivity index (χ0v) is 19.0. The molecule has 2 aliphatic rings. The van der Waals surface area contributed by atoms with E-state index >= 15 is 0 Å². The number of fused-ring (bicyclic) bond motifs is 1. The van der Waals surface area contributed by atoms with E-state index in [4.69, 9.17) is 14.2 Å². The number of nitrogens with one attached hydrogen (secondary N) is 1. The monoisotopic (exact) mass is 453 g/mol. The average Bonchev–Trinajstić information content (AvgIpc) is 3.17. The lowest BCUT2D eigenvalue weighted by Crippen LogP contribution is -2.36. The van der Waals surface area contributed by atoms with Crippen LogP contribution in [0.4, 0.5) is 5.69 Å². The van der Waals surface area contributed by atoms with E-state index in [9.17, 15) is 9.59 Å². The number of hydrogen-bond acceptors (Lipinski definition) is 6. The third kappa shape index (κ3) is 6.38. The van der Waals surface area contributed by atoms with Gasteiger partial charge in [-0.15, -0.1) is 0 Å². The molecule has 1 N–H and O–H groups in total. The van der Waals surface area contributed by atoms with Crippen LogP contribution in [0.3, 0.4) is 0 Å². The number of ether oxygens (including phenoxy) is 3. The molecule has 0 unspecified atom stereocenters. The normalized spacial score (nSPS) is 15.7. The molecular formula is C25H31N3O5. The maximum Gasteiger partial charge on any atom is 0.231 e. The first-order valence-corrected chi connectivity index (χ1v) is 11.4. The fourth-order valence-electron chi connectivity index (χ4n) is 4.10. The summed E-state index contributed by atoms with van der Waals surface area (Å²) in [6, 6.07) is 13.2. The van der Waals surface area contributed by atoms with Crippen molar-refractivity contribution < 1.29 is 23.8 Å². The van der Waals surface area contributed by atoms with Gasteiger partial charge in [0.1, 0.15) is 5.75 Å². The number of aryl methyl sites for hydroxylation is 1. The minimum Gasteiger partial charge on any atom is -0.497 e. The van der Waals surface area contributed by atoms with Crippen molar-refractivity contribution in [3.8, 4) is 17.2 Å². The van der Waals surface area contributed by atoms with Crippen LogP contribution in [0.2, 0.25) is 0 Å². The maximum atomic E-state index is 12.7. The van der Waals surface area contributed by atoms with Crippen molar-refractivity contribution >= 4 is 17.5 Å². The second-order valence-corrected chi connectivity index (χ2v) is 8.29. The van der Waals surface area contributed by atoms with E-state index in [2.05, 4.69) is 10.2 Å². The summed E-state index contributed by atoms with van der Waals surface area (Å²) in [5, 5.41) is 2.92. The SMILES string of the molecule is COc1ccc(CCC(=O)N2CCCN(CCC(=O)Nc3ccc4c(c3)OCO4)CC2)cc1. The van der Waals surface area contributed by atoms with Gasteiger partial charge in [-0.1, -0.05) is 12.1 Å². The summed E-state index contributed by atoms with van der Waals surface area (Å²) in [6.45, 7) is 4.02. The Morgan fingerprint density at radius 2 is 1.79 bits per heavy atom. The second-order valence-electron chi connectivity index (χ2n) is 8.29. The standard InChI is InChI=1S/C25H31N3O5/c1-31-21-7-3-19(4-8-21)5-10-25(30)28-13-2-12-27(15-16-28)14-11-24(29)26-20-6-9-22-23(17-20)33-18-32-22/h3-4,6-9,17H,2,5,10-16,18H2,1H3,(H,26,29). The van der Waals surface area contributed by atoms with Crippen molar-refractivity contribution in [1.29, 1.82) is 0 Å². The summed E-state index contributed by atoms with van der Waals surface area (Å²) in [5.74, 6) is 2.32. The Hall–Kier alpha value is -3.26. The molecule has 0 saturated carbocycles. The summed E-state index contributed by atoms with van der Waals surface area (Å²) in [6.07, 6.45) is 2.55. The highest BCUT2D eigenvalue weighted by atomic mass is 16.7. The number of nitrogens with zero attached hydrogens (tertiary/aromatic N) is 2. The molecule has 1 fully saturated rings. The van der Waals surface area contributed by atoms with Crippen LogP contribution in [0.5, 0.6) is 17.2 Å². The Balaban J connectivity index is 1.17. The van der Waals surface area contributed by atoms with Gasteiger partial charge >= 0.3 is 0 Å². The van der Waals surface area contributed by atoms with Crippen molar-refractivity contribution in [3.05, 3.63) is 48.0 Å². The molecule has 33 heavy (non-hydrogen) atoms. The molecule has 4 rings (SSSR count). The van der Waals surface area contributed by atoms with Crippen molar-refractivity contribution in [2.45, 2.75) is 25.7 Å². The van der Waals surface area contributed by atoms with Gasteiger partial charge in [-0.3, -0.25) is 9.59 Å². The fraction of sp³-hybridized carbons (Fsp3) is 0.440. The van der Waals surface area contributed by atoms with Gasteiger partial charge in [-0.25, -0.2) is 0 Å². The summed E-state index contributed by atoms with van der Waals surface area (Å²) in [5.41, 5.74) is 1.84. The Kier molecular flexibility index (Phi) is 7.67. The number of carbonyl (C=O) groups excluding carboxylic acids is 2. The van der Waals surface area contributed by atoms with Crippen LogP contribution >= 0.6 is 0 Å². The van der Waals surface area contributed by atoms with Crippen LogP contribution in [0.15, 0.2) is 42.5 Å². The number of anilines is 1. The molecule has 0 aromatic heterocycles. The lowest BCUT2D eigenvalue weighted by Gasteiger charge is -2.22. The highest BCUT2D eigenvalue weighted by Gasteiger charge is 2.20. The van der Waals surface area contributed by atoms with Crippen LogP contribution in [-0.2, 0) is 16.0 Å². The van der Waals surface area contributed by atoms with E-state index < -0.39 is 0 Å². The Labute approximate surface area is 194 Å². The van der Waals surface area contributed by atoms with Crippen molar-refractivity contribution in [3.63, 3.8) is 0 Å². The maximum absolute atomic E-state index is 12.7. The summed E-state index contributed by atoms with van der Waals surface area (Å²) < 4.78 is 15.8. The molecule has 2 heterocycles. The number of hydrogen-bond donors (Lipinski definition) is 1. The summed E-state index contributed by atoms with van der Waals surface area (Å²) in [7, 11) is 1.65. The first-order valence-electron chi connectivity index (χ1n) is 11.4. The van der Waals surface area contributed by atoms with E-state index in [1.165, 1.54) is 0 Å². The number of methoxy groups -OCH3 is 1. The molecule has 2 aliphatic heterocycles. The smallest absolute Gasteiger partial charge is 0.231 e. The zero-order valence-electron chi connectivity index (χ0n) is 19.0. The largest absolute Gasteiger partial charge is 0.497 e. The minimum absolute atomic E-state index is 0.0365. The van der Waals surface area contributed by atoms with Gasteiger partial charge in [0.2, 0.25) is 18.6 Å². The Morgan fingerprint density at radius 3 is 2.61 bits per heavy atom. The lowest BCUT2D eigenvalue weighted by atomic mass is 10.1. The molecule has 0 radical (unpaired) electrons.